The molecule has 41 heavy (non-hydrogen) atoms. The Morgan fingerprint density at radius 2 is 1.56 bits per heavy atom. The summed E-state index contributed by atoms with van der Waals surface area (Å²) in [5.74, 6) is 0.218. The van der Waals surface area contributed by atoms with Gasteiger partial charge in [-0.25, -0.2) is 4.79 Å². The van der Waals surface area contributed by atoms with E-state index in [1.165, 1.54) is 7.11 Å². The number of aromatic nitrogens is 1. The van der Waals surface area contributed by atoms with Crippen LogP contribution in [0.25, 0.3) is 33.0 Å². The van der Waals surface area contributed by atoms with Gasteiger partial charge in [-0.05, 0) is 70.5 Å². The van der Waals surface area contributed by atoms with Gasteiger partial charge in [-0.1, -0.05) is 18.2 Å². The summed E-state index contributed by atoms with van der Waals surface area (Å²) in [5, 5.41) is 40.8. The minimum absolute atomic E-state index is 0.245. The van der Waals surface area contributed by atoms with Gasteiger partial charge in [0.15, 0.2) is 0 Å². The lowest BCUT2D eigenvalue weighted by Gasteiger charge is -2.13. The maximum Gasteiger partial charge on any atom is 0.361 e. The van der Waals surface area contributed by atoms with Crippen LogP contribution in [0.4, 0.5) is 0 Å². The van der Waals surface area contributed by atoms with Crippen molar-refractivity contribution in [2.24, 2.45) is 0 Å². The lowest BCUT2D eigenvalue weighted by atomic mass is 9.90. The summed E-state index contributed by atoms with van der Waals surface area (Å²) in [6, 6.07) is 12.1. The summed E-state index contributed by atoms with van der Waals surface area (Å²) in [4.78, 5) is 28.1. The van der Waals surface area contributed by atoms with Gasteiger partial charge in [0.2, 0.25) is 5.78 Å². The number of aliphatic hydroxyl groups is 4. The largest absolute Gasteiger partial charge is 0.496 e. The fourth-order valence-corrected chi connectivity index (χ4v) is 6.05. The van der Waals surface area contributed by atoms with Gasteiger partial charge in [0.25, 0.3) is 0 Å². The van der Waals surface area contributed by atoms with Gasteiger partial charge in [0, 0.05) is 34.5 Å². The number of ketones is 1. The Labute approximate surface area is 234 Å². The van der Waals surface area contributed by atoms with Crippen LogP contribution < -0.4 is 10.4 Å². The van der Waals surface area contributed by atoms with Crippen LogP contribution in [0.15, 0.2) is 51.7 Å². The maximum atomic E-state index is 14.4. The molecule has 3 heterocycles. The minimum atomic E-state index is -0.605. The SMILES string of the molecule is COc1cc2oc(=O)c3c(c(-c4ccc(CO)c(CO)c4)c4n3CCc3cc(CO)c(CO)cc3C4=O)c2cc1C. The first-order valence-corrected chi connectivity index (χ1v) is 13.3. The molecule has 2 aromatic heterocycles. The van der Waals surface area contributed by atoms with E-state index in [2.05, 4.69) is 0 Å². The second-order valence-corrected chi connectivity index (χ2v) is 10.3. The Hall–Kier alpha value is -4.28. The number of fused-ring (bicyclic) bond motifs is 6. The summed E-state index contributed by atoms with van der Waals surface area (Å²) < 4.78 is 12.9. The van der Waals surface area contributed by atoms with Crippen molar-refractivity contribution >= 4 is 27.7 Å². The summed E-state index contributed by atoms with van der Waals surface area (Å²) in [6.45, 7) is 0.964. The summed E-state index contributed by atoms with van der Waals surface area (Å²) >= 11 is 0. The molecule has 6 rings (SSSR count). The Kier molecular flexibility index (Phi) is 6.75. The highest BCUT2D eigenvalue weighted by atomic mass is 16.5. The molecule has 5 aromatic rings. The highest BCUT2D eigenvalue weighted by Crippen LogP contribution is 2.42. The van der Waals surface area contributed by atoms with Crippen LogP contribution in [0.5, 0.6) is 5.75 Å². The molecular weight excluding hydrogens is 526 g/mol. The number of aliphatic hydroxyl groups excluding tert-OH is 4. The van der Waals surface area contributed by atoms with Crippen molar-refractivity contribution in [1.29, 1.82) is 0 Å². The van der Waals surface area contributed by atoms with Crippen LogP contribution in [-0.2, 0) is 39.4 Å². The molecule has 1 aliphatic rings. The Morgan fingerprint density at radius 1 is 0.878 bits per heavy atom. The normalized spacial score (nSPS) is 13.0. The highest BCUT2D eigenvalue weighted by Gasteiger charge is 2.32. The number of carbonyl (C=O) groups is 1. The predicted molar refractivity (Wildman–Crippen MR) is 152 cm³/mol. The molecule has 9 heteroatoms. The monoisotopic (exact) mass is 555 g/mol. The second kappa shape index (κ2) is 10.3. The zero-order chi connectivity index (χ0) is 29.0. The predicted octanol–water partition coefficient (Wildman–Crippen LogP) is 3.49. The van der Waals surface area contributed by atoms with E-state index in [4.69, 9.17) is 9.15 Å². The standard InChI is InChI=1S/C32H29NO8/c1-16-7-24-26(11-25(16)40-2)41-32(39)30-28(24)27(18-3-4-19(12-34)20(9-18)13-35)29-31(38)23-10-22(15-37)21(14-36)8-17(23)5-6-33(29)30/h3-4,7-11,34-37H,5-6,12-15H2,1-2H3. The molecule has 0 saturated heterocycles. The van der Waals surface area contributed by atoms with E-state index in [9.17, 15) is 30.0 Å². The molecule has 9 nitrogen and oxygen atoms in total. The maximum absolute atomic E-state index is 14.4. The fraction of sp³-hybridized carbons (Fsp3) is 0.250. The van der Waals surface area contributed by atoms with Crippen molar-refractivity contribution < 1.29 is 34.4 Å². The van der Waals surface area contributed by atoms with E-state index in [0.29, 0.717) is 79.6 Å². The Bertz CT molecular complexity index is 1930. The number of carbonyl (C=O) groups excluding carboxylic acids is 1. The number of ether oxygens (including phenoxy) is 1. The number of rotatable bonds is 6. The molecule has 0 spiro atoms. The molecule has 0 amide bonds. The average molecular weight is 556 g/mol. The zero-order valence-corrected chi connectivity index (χ0v) is 22.7. The van der Waals surface area contributed by atoms with Gasteiger partial charge >= 0.3 is 5.63 Å². The molecule has 0 saturated carbocycles. The van der Waals surface area contributed by atoms with Gasteiger partial charge in [-0.3, -0.25) is 4.79 Å². The molecular formula is C32H29NO8. The van der Waals surface area contributed by atoms with Crippen molar-refractivity contribution in [2.45, 2.75) is 46.3 Å². The number of benzene rings is 3. The van der Waals surface area contributed by atoms with Crippen molar-refractivity contribution in [3.63, 3.8) is 0 Å². The van der Waals surface area contributed by atoms with Crippen LogP contribution in [0.2, 0.25) is 0 Å². The molecule has 0 fully saturated rings. The van der Waals surface area contributed by atoms with Crippen LogP contribution in [0.1, 0.15) is 49.4 Å². The number of hydrogen-bond donors (Lipinski definition) is 4. The number of hydrogen-bond acceptors (Lipinski definition) is 8. The first-order valence-electron chi connectivity index (χ1n) is 13.3. The molecule has 0 radical (unpaired) electrons. The molecule has 0 aliphatic carbocycles. The average Bonchev–Trinajstić information content (AvgIpc) is 3.28. The van der Waals surface area contributed by atoms with Gasteiger partial charge in [-0.2, -0.15) is 0 Å². The molecule has 210 valence electrons. The highest BCUT2D eigenvalue weighted by molar-refractivity contribution is 6.22. The van der Waals surface area contributed by atoms with Crippen LogP contribution in [0, 0.1) is 6.92 Å². The molecule has 1 aliphatic heterocycles. The second-order valence-electron chi connectivity index (χ2n) is 10.3. The quantitative estimate of drug-likeness (QED) is 0.233. The molecule has 0 unspecified atom stereocenters. The first kappa shape index (κ1) is 26.9. The number of nitrogens with zero attached hydrogens (tertiary/aromatic N) is 1. The van der Waals surface area contributed by atoms with E-state index in [0.717, 1.165) is 5.56 Å². The number of methoxy groups -OCH3 is 1. The third kappa shape index (κ3) is 4.08. The van der Waals surface area contributed by atoms with Gasteiger partial charge in [-0.15, -0.1) is 0 Å². The van der Waals surface area contributed by atoms with Gasteiger partial charge in [0.05, 0.1) is 39.2 Å². The Morgan fingerprint density at radius 3 is 2.24 bits per heavy atom. The van der Waals surface area contributed by atoms with Crippen LogP contribution in [-0.4, -0.2) is 37.9 Å². The van der Waals surface area contributed by atoms with E-state index in [-0.39, 0.29) is 43.4 Å². The lowest BCUT2D eigenvalue weighted by molar-refractivity contribution is 0.103. The Balaban J connectivity index is 1.78. The molecule has 0 atom stereocenters. The topological polar surface area (TPSA) is 142 Å². The summed E-state index contributed by atoms with van der Waals surface area (Å²) in [5.41, 5.74) is 5.29. The van der Waals surface area contributed by atoms with E-state index in [1.54, 1.807) is 41.0 Å². The number of aryl methyl sites for hydroxylation is 3. The smallest absolute Gasteiger partial charge is 0.361 e. The van der Waals surface area contributed by atoms with Crippen LogP contribution >= 0.6 is 0 Å². The van der Waals surface area contributed by atoms with Crippen molar-refractivity contribution in [3.05, 3.63) is 97.5 Å². The zero-order valence-electron chi connectivity index (χ0n) is 22.7. The van der Waals surface area contributed by atoms with Gasteiger partial charge in [0.1, 0.15) is 16.8 Å². The first-order chi connectivity index (χ1) is 19.8. The third-order valence-electron chi connectivity index (χ3n) is 8.09. The minimum Gasteiger partial charge on any atom is -0.496 e. The van der Waals surface area contributed by atoms with E-state index in [1.807, 2.05) is 13.0 Å². The lowest BCUT2D eigenvalue weighted by Crippen LogP contribution is -2.12. The third-order valence-corrected chi connectivity index (χ3v) is 8.09. The molecule has 3 aromatic carbocycles. The molecule has 4 N–H and O–H groups in total. The van der Waals surface area contributed by atoms with E-state index >= 15 is 0 Å². The van der Waals surface area contributed by atoms with Crippen molar-refractivity contribution in [3.8, 4) is 16.9 Å². The summed E-state index contributed by atoms with van der Waals surface area (Å²) in [6.07, 6.45) is 0.403. The summed E-state index contributed by atoms with van der Waals surface area (Å²) in [7, 11) is 1.54. The fourth-order valence-electron chi connectivity index (χ4n) is 6.05. The van der Waals surface area contributed by atoms with Crippen molar-refractivity contribution in [2.75, 3.05) is 7.11 Å². The van der Waals surface area contributed by atoms with Crippen molar-refractivity contribution in [1.82, 2.24) is 4.57 Å². The van der Waals surface area contributed by atoms with Gasteiger partial charge < -0.3 is 34.1 Å². The molecule has 0 bridgehead atoms. The van der Waals surface area contributed by atoms with Crippen LogP contribution in [0.3, 0.4) is 0 Å². The van der Waals surface area contributed by atoms with E-state index < -0.39 is 5.63 Å².